The fourth-order valence-corrected chi connectivity index (χ4v) is 2.54. The van der Waals surface area contributed by atoms with Gasteiger partial charge in [-0.1, -0.05) is 18.2 Å². The van der Waals surface area contributed by atoms with E-state index in [0.717, 1.165) is 5.75 Å². The first-order valence-electron chi connectivity index (χ1n) is 5.45. The van der Waals surface area contributed by atoms with Gasteiger partial charge in [-0.3, -0.25) is 4.79 Å². The number of aliphatic hydroxyl groups excluding tert-OH is 1. The second-order valence-electron chi connectivity index (χ2n) is 3.96. The fraction of sp³-hybridized carbons (Fsp3) is 0.462. The molecule has 1 unspecified atom stereocenters. The molecule has 2 nitrogen and oxygen atoms in total. The van der Waals surface area contributed by atoms with Crippen LogP contribution < -0.4 is 0 Å². The Hall–Kier alpha value is -0.800. The van der Waals surface area contributed by atoms with E-state index in [9.17, 15) is 9.90 Å². The number of thioether (sulfide) groups is 1. The van der Waals surface area contributed by atoms with E-state index in [4.69, 9.17) is 0 Å². The van der Waals surface area contributed by atoms with E-state index in [2.05, 4.69) is 19.1 Å². The second kappa shape index (κ2) is 6.71. The van der Waals surface area contributed by atoms with Crippen LogP contribution in [0.1, 0.15) is 25.3 Å². The van der Waals surface area contributed by atoms with Gasteiger partial charge in [0, 0.05) is 17.1 Å². The molecule has 0 radical (unpaired) electrons. The molecule has 1 rings (SSSR count). The number of carbonyl (C=O) groups excluding carboxylic acids is 1. The van der Waals surface area contributed by atoms with Gasteiger partial charge in [-0.15, -0.1) is 11.8 Å². The van der Waals surface area contributed by atoms with Crippen molar-refractivity contribution in [3.8, 4) is 0 Å². The highest BCUT2D eigenvalue weighted by atomic mass is 32.2. The Balaban J connectivity index is 2.30. The molecule has 0 heterocycles. The molecular weight excluding hydrogens is 220 g/mol. The van der Waals surface area contributed by atoms with E-state index in [-0.39, 0.29) is 12.2 Å². The summed E-state index contributed by atoms with van der Waals surface area (Å²) in [4.78, 5) is 12.0. The summed E-state index contributed by atoms with van der Waals surface area (Å²) in [5, 5.41) is 9.53. The molecule has 0 aromatic heterocycles. The predicted molar refractivity (Wildman–Crippen MR) is 67.8 cm³/mol. The summed E-state index contributed by atoms with van der Waals surface area (Å²) in [6, 6.07) is 8.19. The SMILES string of the molecule is CC(=O)CC(O)CCSc1ccccc1C. The molecule has 88 valence electrons. The molecule has 0 aliphatic carbocycles. The standard InChI is InChI=1S/C13H18O2S/c1-10-5-3-4-6-13(10)16-8-7-12(15)9-11(2)14/h3-6,12,15H,7-9H2,1-2H3. The Morgan fingerprint density at radius 3 is 2.75 bits per heavy atom. The molecule has 1 aromatic carbocycles. The van der Waals surface area contributed by atoms with E-state index in [0.29, 0.717) is 6.42 Å². The highest BCUT2D eigenvalue weighted by molar-refractivity contribution is 7.99. The number of aliphatic hydroxyl groups is 1. The lowest BCUT2D eigenvalue weighted by atomic mass is 10.1. The van der Waals surface area contributed by atoms with E-state index >= 15 is 0 Å². The van der Waals surface area contributed by atoms with Crippen LogP contribution in [-0.4, -0.2) is 22.7 Å². The van der Waals surface area contributed by atoms with Crippen molar-refractivity contribution in [3.63, 3.8) is 0 Å². The molecule has 0 fully saturated rings. The van der Waals surface area contributed by atoms with Gasteiger partial charge in [-0.25, -0.2) is 0 Å². The lowest BCUT2D eigenvalue weighted by Gasteiger charge is -2.09. The first-order valence-corrected chi connectivity index (χ1v) is 6.44. The van der Waals surface area contributed by atoms with Gasteiger partial charge in [-0.05, 0) is 31.9 Å². The molecule has 0 aliphatic rings. The number of hydrogen-bond donors (Lipinski definition) is 1. The van der Waals surface area contributed by atoms with Crippen LogP contribution in [0.25, 0.3) is 0 Å². The van der Waals surface area contributed by atoms with Gasteiger partial charge in [0.2, 0.25) is 0 Å². The van der Waals surface area contributed by atoms with Crippen molar-refractivity contribution in [2.24, 2.45) is 0 Å². The third-order valence-corrected chi connectivity index (χ3v) is 3.53. The zero-order valence-electron chi connectivity index (χ0n) is 9.77. The Kier molecular flexibility index (Phi) is 5.56. The molecule has 0 saturated carbocycles. The van der Waals surface area contributed by atoms with Crippen LogP contribution in [0.5, 0.6) is 0 Å². The van der Waals surface area contributed by atoms with Gasteiger partial charge in [-0.2, -0.15) is 0 Å². The molecule has 0 saturated heterocycles. The molecule has 1 atom stereocenters. The second-order valence-corrected chi connectivity index (χ2v) is 5.10. The Bertz CT molecular complexity index is 350. The summed E-state index contributed by atoms with van der Waals surface area (Å²) < 4.78 is 0. The summed E-state index contributed by atoms with van der Waals surface area (Å²) in [7, 11) is 0. The number of aryl methyl sites for hydroxylation is 1. The number of hydrogen-bond acceptors (Lipinski definition) is 3. The number of ketones is 1. The lowest BCUT2D eigenvalue weighted by molar-refractivity contribution is -0.118. The van der Waals surface area contributed by atoms with E-state index < -0.39 is 6.10 Å². The molecular formula is C13H18O2S. The number of carbonyl (C=O) groups is 1. The number of benzene rings is 1. The zero-order chi connectivity index (χ0) is 12.0. The third-order valence-electron chi connectivity index (χ3n) is 2.33. The molecule has 3 heteroatoms. The van der Waals surface area contributed by atoms with Gasteiger partial charge in [0.25, 0.3) is 0 Å². The third kappa shape index (κ3) is 4.81. The van der Waals surface area contributed by atoms with E-state index in [1.165, 1.54) is 17.4 Å². The van der Waals surface area contributed by atoms with Crippen molar-refractivity contribution in [2.45, 2.75) is 37.7 Å². The van der Waals surface area contributed by atoms with Crippen LogP contribution in [-0.2, 0) is 4.79 Å². The summed E-state index contributed by atoms with van der Waals surface area (Å²) >= 11 is 1.73. The van der Waals surface area contributed by atoms with Crippen molar-refractivity contribution in [1.29, 1.82) is 0 Å². The zero-order valence-corrected chi connectivity index (χ0v) is 10.6. The Morgan fingerprint density at radius 2 is 2.12 bits per heavy atom. The minimum atomic E-state index is -0.492. The van der Waals surface area contributed by atoms with Crippen molar-refractivity contribution >= 4 is 17.5 Å². The first kappa shape index (κ1) is 13.3. The highest BCUT2D eigenvalue weighted by Gasteiger charge is 2.07. The first-order chi connectivity index (χ1) is 7.59. The maximum absolute atomic E-state index is 10.8. The van der Waals surface area contributed by atoms with Crippen molar-refractivity contribution in [2.75, 3.05) is 5.75 Å². The number of rotatable bonds is 6. The van der Waals surface area contributed by atoms with Crippen LogP contribution in [0.2, 0.25) is 0 Å². The maximum Gasteiger partial charge on any atom is 0.132 e. The van der Waals surface area contributed by atoms with Gasteiger partial charge in [0.1, 0.15) is 5.78 Å². The monoisotopic (exact) mass is 238 g/mol. The van der Waals surface area contributed by atoms with Crippen molar-refractivity contribution in [1.82, 2.24) is 0 Å². The lowest BCUT2D eigenvalue weighted by Crippen LogP contribution is -2.11. The van der Waals surface area contributed by atoms with Crippen LogP contribution in [0.3, 0.4) is 0 Å². The Labute approximate surface area is 101 Å². The molecule has 16 heavy (non-hydrogen) atoms. The van der Waals surface area contributed by atoms with Gasteiger partial charge < -0.3 is 5.11 Å². The molecule has 0 amide bonds. The van der Waals surface area contributed by atoms with Crippen LogP contribution >= 0.6 is 11.8 Å². The fourth-order valence-electron chi connectivity index (χ4n) is 1.46. The molecule has 0 spiro atoms. The van der Waals surface area contributed by atoms with Gasteiger partial charge >= 0.3 is 0 Å². The number of Topliss-reactive ketones (excluding diaryl/α,β-unsaturated/α-hetero) is 1. The maximum atomic E-state index is 10.8. The van der Waals surface area contributed by atoms with E-state index in [1.807, 2.05) is 12.1 Å². The van der Waals surface area contributed by atoms with Crippen LogP contribution in [0.15, 0.2) is 29.2 Å². The summed E-state index contributed by atoms with van der Waals surface area (Å²) in [6.07, 6.45) is 0.446. The summed E-state index contributed by atoms with van der Waals surface area (Å²) in [6.45, 7) is 3.59. The van der Waals surface area contributed by atoms with Crippen LogP contribution in [0.4, 0.5) is 0 Å². The molecule has 0 aliphatic heterocycles. The average molecular weight is 238 g/mol. The van der Waals surface area contributed by atoms with Crippen molar-refractivity contribution in [3.05, 3.63) is 29.8 Å². The molecule has 1 N–H and O–H groups in total. The highest BCUT2D eigenvalue weighted by Crippen LogP contribution is 2.23. The minimum absolute atomic E-state index is 0.0494. The quantitative estimate of drug-likeness (QED) is 0.774. The molecule has 1 aromatic rings. The molecule has 0 bridgehead atoms. The topological polar surface area (TPSA) is 37.3 Å². The normalized spacial score (nSPS) is 12.4. The Morgan fingerprint density at radius 1 is 1.44 bits per heavy atom. The average Bonchev–Trinajstić information content (AvgIpc) is 2.19. The largest absolute Gasteiger partial charge is 0.393 e. The summed E-state index contributed by atoms with van der Waals surface area (Å²) in [5.74, 6) is 0.896. The predicted octanol–water partition coefficient (Wildman–Crippen LogP) is 2.82. The van der Waals surface area contributed by atoms with Gasteiger partial charge in [0.15, 0.2) is 0 Å². The summed E-state index contributed by atoms with van der Waals surface area (Å²) in [5.41, 5.74) is 1.26. The minimum Gasteiger partial charge on any atom is -0.393 e. The van der Waals surface area contributed by atoms with Gasteiger partial charge in [0.05, 0.1) is 6.10 Å². The van der Waals surface area contributed by atoms with E-state index in [1.54, 1.807) is 11.8 Å². The smallest absolute Gasteiger partial charge is 0.132 e. The van der Waals surface area contributed by atoms with Crippen molar-refractivity contribution < 1.29 is 9.90 Å². The van der Waals surface area contributed by atoms with Crippen LogP contribution in [0, 0.1) is 6.92 Å².